The standard InChI is InChI=1S/C14H20FN3O3S.ClH/c15-12-5-1-2-6-13(12)22(20,21)17-8-7-14(19)18-9-3-4-11(16)10-18;/h1-2,5-6,11,17H,3-4,7-10,16H2;1H. The SMILES string of the molecule is Cl.NC1CCCN(C(=O)CCNS(=O)(=O)c2ccccc2F)C1. The summed E-state index contributed by atoms with van der Waals surface area (Å²) in [6, 6.07) is 5.10. The minimum atomic E-state index is -3.95. The van der Waals surface area contributed by atoms with Crippen molar-refractivity contribution in [2.75, 3.05) is 19.6 Å². The van der Waals surface area contributed by atoms with Gasteiger partial charge in [0, 0.05) is 32.1 Å². The number of sulfonamides is 1. The normalized spacial score (nSPS) is 18.3. The van der Waals surface area contributed by atoms with E-state index < -0.39 is 20.7 Å². The highest BCUT2D eigenvalue weighted by Gasteiger charge is 2.22. The quantitative estimate of drug-likeness (QED) is 0.809. The van der Waals surface area contributed by atoms with Crippen molar-refractivity contribution in [3.63, 3.8) is 0 Å². The molecule has 0 saturated carbocycles. The lowest BCUT2D eigenvalue weighted by Gasteiger charge is -2.30. The molecule has 0 bridgehead atoms. The van der Waals surface area contributed by atoms with Gasteiger partial charge in [-0.3, -0.25) is 4.79 Å². The number of halogens is 2. The monoisotopic (exact) mass is 365 g/mol. The van der Waals surface area contributed by atoms with Crippen LogP contribution in [0.25, 0.3) is 0 Å². The molecule has 1 atom stereocenters. The Bertz CT molecular complexity index is 642. The first-order valence-corrected chi connectivity index (χ1v) is 8.66. The maximum absolute atomic E-state index is 13.5. The molecule has 1 unspecified atom stereocenters. The van der Waals surface area contributed by atoms with Crippen molar-refractivity contribution < 1.29 is 17.6 Å². The summed E-state index contributed by atoms with van der Waals surface area (Å²) >= 11 is 0. The highest BCUT2D eigenvalue weighted by Crippen LogP contribution is 2.13. The van der Waals surface area contributed by atoms with E-state index in [-0.39, 0.29) is 37.3 Å². The number of nitrogens with zero attached hydrogens (tertiary/aromatic N) is 1. The Morgan fingerprint density at radius 3 is 2.74 bits per heavy atom. The van der Waals surface area contributed by atoms with E-state index in [2.05, 4.69) is 4.72 Å². The summed E-state index contributed by atoms with van der Waals surface area (Å²) in [6.07, 6.45) is 1.78. The molecule has 1 aromatic carbocycles. The van der Waals surface area contributed by atoms with Crippen LogP contribution in [0, 0.1) is 5.82 Å². The van der Waals surface area contributed by atoms with Gasteiger partial charge in [0.05, 0.1) is 0 Å². The third kappa shape index (κ3) is 5.42. The first kappa shape index (κ1) is 19.8. The highest BCUT2D eigenvalue weighted by molar-refractivity contribution is 7.89. The zero-order valence-corrected chi connectivity index (χ0v) is 14.2. The van der Waals surface area contributed by atoms with E-state index in [0.717, 1.165) is 18.9 Å². The number of carbonyl (C=O) groups is 1. The van der Waals surface area contributed by atoms with Gasteiger partial charge in [-0.15, -0.1) is 12.4 Å². The van der Waals surface area contributed by atoms with Crippen molar-refractivity contribution in [2.24, 2.45) is 5.73 Å². The topological polar surface area (TPSA) is 92.5 Å². The third-order valence-corrected chi connectivity index (χ3v) is 5.06. The van der Waals surface area contributed by atoms with E-state index in [1.165, 1.54) is 18.2 Å². The van der Waals surface area contributed by atoms with Crippen molar-refractivity contribution in [2.45, 2.75) is 30.2 Å². The first-order valence-electron chi connectivity index (χ1n) is 7.18. The molecule has 6 nitrogen and oxygen atoms in total. The van der Waals surface area contributed by atoms with Crippen LogP contribution < -0.4 is 10.5 Å². The Morgan fingerprint density at radius 1 is 1.39 bits per heavy atom. The van der Waals surface area contributed by atoms with Crippen LogP contribution in [0.3, 0.4) is 0 Å². The molecule has 23 heavy (non-hydrogen) atoms. The molecule has 1 saturated heterocycles. The molecule has 1 aliphatic heterocycles. The molecule has 0 aliphatic carbocycles. The van der Waals surface area contributed by atoms with E-state index >= 15 is 0 Å². The average molecular weight is 366 g/mol. The lowest BCUT2D eigenvalue weighted by Crippen LogP contribution is -2.46. The van der Waals surface area contributed by atoms with E-state index in [0.29, 0.717) is 13.1 Å². The second kappa shape index (κ2) is 8.58. The van der Waals surface area contributed by atoms with Gasteiger partial charge in [-0.1, -0.05) is 12.1 Å². The smallest absolute Gasteiger partial charge is 0.243 e. The van der Waals surface area contributed by atoms with Gasteiger partial charge in [0.1, 0.15) is 10.7 Å². The fourth-order valence-electron chi connectivity index (χ4n) is 2.43. The van der Waals surface area contributed by atoms with Crippen molar-refractivity contribution in [1.82, 2.24) is 9.62 Å². The first-order chi connectivity index (χ1) is 10.4. The van der Waals surface area contributed by atoms with E-state index in [9.17, 15) is 17.6 Å². The maximum atomic E-state index is 13.5. The van der Waals surface area contributed by atoms with Crippen LogP contribution in [0.2, 0.25) is 0 Å². The Hall–Kier alpha value is -1.22. The zero-order chi connectivity index (χ0) is 16.2. The average Bonchev–Trinajstić information content (AvgIpc) is 2.47. The van der Waals surface area contributed by atoms with Crippen molar-refractivity contribution in [3.05, 3.63) is 30.1 Å². The largest absolute Gasteiger partial charge is 0.341 e. The van der Waals surface area contributed by atoms with Gasteiger partial charge in [-0.25, -0.2) is 17.5 Å². The van der Waals surface area contributed by atoms with Gasteiger partial charge in [0.15, 0.2) is 0 Å². The van der Waals surface area contributed by atoms with Gasteiger partial charge < -0.3 is 10.6 Å². The number of rotatable bonds is 5. The van der Waals surface area contributed by atoms with E-state index in [1.54, 1.807) is 4.90 Å². The third-order valence-electron chi connectivity index (χ3n) is 3.57. The van der Waals surface area contributed by atoms with Crippen LogP contribution in [0.15, 0.2) is 29.2 Å². The molecular formula is C14H21ClFN3O3S. The lowest BCUT2D eigenvalue weighted by atomic mass is 10.1. The molecule has 1 aromatic rings. The second-order valence-corrected chi connectivity index (χ2v) is 7.06. The summed E-state index contributed by atoms with van der Waals surface area (Å²) in [4.78, 5) is 13.2. The summed E-state index contributed by atoms with van der Waals surface area (Å²) in [5, 5.41) is 0. The Balaban J connectivity index is 0.00000264. The molecule has 2 rings (SSSR count). The van der Waals surface area contributed by atoms with Crippen LogP contribution in [0.4, 0.5) is 4.39 Å². The van der Waals surface area contributed by atoms with Crippen molar-refractivity contribution in [1.29, 1.82) is 0 Å². The number of hydrogen-bond donors (Lipinski definition) is 2. The molecule has 3 N–H and O–H groups in total. The summed E-state index contributed by atoms with van der Waals surface area (Å²) < 4.78 is 39.7. The Kier molecular flexibility index (Phi) is 7.40. The number of piperidine rings is 1. The molecule has 0 aromatic heterocycles. The van der Waals surface area contributed by atoms with Crippen molar-refractivity contribution >= 4 is 28.3 Å². The zero-order valence-electron chi connectivity index (χ0n) is 12.6. The van der Waals surface area contributed by atoms with Crippen LogP contribution in [-0.4, -0.2) is 44.9 Å². The molecule has 1 heterocycles. The van der Waals surface area contributed by atoms with Crippen LogP contribution in [-0.2, 0) is 14.8 Å². The summed E-state index contributed by atoms with van der Waals surface area (Å²) in [5.41, 5.74) is 5.81. The van der Waals surface area contributed by atoms with Crippen LogP contribution in [0.1, 0.15) is 19.3 Å². The number of hydrogen-bond acceptors (Lipinski definition) is 4. The fraction of sp³-hybridized carbons (Fsp3) is 0.500. The number of likely N-dealkylation sites (tertiary alicyclic amines) is 1. The Morgan fingerprint density at radius 2 is 2.09 bits per heavy atom. The van der Waals surface area contributed by atoms with E-state index in [4.69, 9.17) is 5.73 Å². The van der Waals surface area contributed by atoms with Gasteiger partial charge >= 0.3 is 0 Å². The van der Waals surface area contributed by atoms with Crippen LogP contribution in [0.5, 0.6) is 0 Å². The summed E-state index contributed by atoms with van der Waals surface area (Å²) in [6.45, 7) is 1.08. The predicted molar refractivity (Wildman–Crippen MR) is 87.2 cm³/mol. The molecule has 1 aliphatic rings. The number of nitrogens with two attached hydrogens (primary N) is 1. The number of nitrogens with one attached hydrogen (secondary N) is 1. The van der Waals surface area contributed by atoms with E-state index in [1.807, 2.05) is 0 Å². The molecular weight excluding hydrogens is 345 g/mol. The predicted octanol–water partition coefficient (Wildman–Crippen LogP) is 0.866. The molecule has 0 spiro atoms. The molecule has 9 heteroatoms. The summed E-state index contributed by atoms with van der Waals surface area (Å²) in [5.74, 6) is -0.963. The molecule has 130 valence electrons. The molecule has 1 fully saturated rings. The van der Waals surface area contributed by atoms with Gasteiger partial charge in [0.25, 0.3) is 0 Å². The highest BCUT2D eigenvalue weighted by atomic mass is 35.5. The number of benzene rings is 1. The van der Waals surface area contributed by atoms with Crippen molar-refractivity contribution in [3.8, 4) is 0 Å². The molecule has 1 amide bonds. The minimum absolute atomic E-state index is 0. The second-order valence-electron chi connectivity index (χ2n) is 5.32. The van der Waals surface area contributed by atoms with Gasteiger partial charge in [-0.05, 0) is 25.0 Å². The minimum Gasteiger partial charge on any atom is -0.341 e. The number of amides is 1. The summed E-state index contributed by atoms with van der Waals surface area (Å²) in [7, 11) is -3.95. The van der Waals surface area contributed by atoms with Crippen LogP contribution >= 0.6 is 12.4 Å². The fourth-order valence-corrected chi connectivity index (χ4v) is 3.54. The molecule has 0 radical (unpaired) electrons. The van der Waals surface area contributed by atoms with Gasteiger partial charge in [0.2, 0.25) is 15.9 Å². The number of carbonyl (C=O) groups excluding carboxylic acids is 1. The van der Waals surface area contributed by atoms with Gasteiger partial charge in [-0.2, -0.15) is 0 Å². The lowest BCUT2D eigenvalue weighted by molar-refractivity contribution is -0.132. The Labute approximate surface area is 141 Å². The maximum Gasteiger partial charge on any atom is 0.243 e.